The molecular formula is C12H18N4O3S. The largest absolute Gasteiger partial charge is 0.469 e. The summed E-state index contributed by atoms with van der Waals surface area (Å²) in [4.78, 5) is 0.161. The zero-order valence-corrected chi connectivity index (χ0v) is 11.8. The molecule has 0 aromatic carbocycles. The molecule has 0 aliphatic rings. The number of furan rings is 1. The number of aryl methyl sites for hydroxylation is 1. The van der Waals surface area contributed by atoms with Crippen LogP contribution in [0, 0.1) is 0 Å². The van der Waals surface area contributed by atoms with E-state index in [1.165, 1.54) is 12.4 Å². The number of aromatic nitrogens is 2. The molecule has 20 heavy (non-hydrogen) atoms. The normalized spacial score (nSPS) is 11.8. The first kappa shape index (κ1) is 14.8. The molecule has 2 aromatic rings. The van der Waals surface area contributed by atoms with Crippen molar-refractivity contribution in [3.8, 4) is 0 Å². The highest BCUT2D eigenvalue weighted by Crippen LogP contribution is 2.07. The minimum absolute atomic E-state index is 0.161. The van der Waals surface area contributed by atoms with Gasteiger partial charge in [0.15, 0.2) is 0 Å². The van der Waals surface area contributed by atoms with Crippen molar-refractivity contribution in [2.24, 2.45) is 5.73 Å². The van der Waals surface area contributed by atoms with Crippen molar-refractivity contribution in [2.75, 3.05) is 13.1 Å². The lowest BCUT2D eigenvalue weighted by Crippen LogP contribution is -2.25. The second kappa shape index (κ2) is 6.69. The molecule has 0 aliphatic carbocycles. The molecule has 2 heterocycles. The van der Waals surface area contributed by atoms with Gasteiger partial charge in [0.25, 0.3) is 0 Å². The molecule has 0 spiro atoms. The van der Waals surface area contributed by atoms with Crippen LogP contribution in [0.15, 0.2) is 40.1 Å². The Morgan fingerprint density at radius 3 is 3.00 bits per heavy atom. The van der Waals surface area contributed by atoms with Gasteiger partial charge in [0.1, 0.15) is 10.7 Å². The molecule has 0 saturated carbocycles. The minimum atomic E-state index is -3.52. The van der Waals surface area contributed by atoms with E-state index in [4.69, 9.17) is 10.2 Å². The molecule has 0 unspecified atom stereocenters. The topological polar surface area (TPSA) is 103 Å². The third-order valence-electron chi connectivity index (χ3n) is 2.75. The molecule has 7 nitrogen and oxygen atoms in total. The summed E-state index contributed by atoms with van der Waals surface area (Å²) in [5.74, 6) is 0.742. The lowest BCUT2D eigenvalue weighted by atomic mass is 10.3. The maximum absolute atomic E-state index is 12.0. The molecule has 8 heteroatoms. The highest BCUT2D eigenvalue weighted by atomic mass is 32.2. The average molecular weight is 298 g/mol. The molecule has 3 N–H and O–H groups in total. The van der Waals surface area contributed by atoms with Crippen LogP contribution in [0.5, 0.6) is 0 Å². The molecule has 0 aliphatic heterocycles. The van der Waals surface area contributed by atoms with E-state index in [0.29, 0.717) is 19.5 Å². The Labute approximate surface area is 117 Å². The first-order valence-electron chi connectivity index (χ1n) is 6.36. The summed E-state index contributed by atoms with van der Waals surface area (Å²) >= 11 is 0. The SMILES string of the molecule is NCCCn1cc(S(=O)(=O)NCCc2ccco2)cn1. The Morgan fingerprint density at radius 2 is 2.30 bits per heavy atom. The Balaban J connectivity index is 1.90. The number of sulfonamides is 1. The minimum Gasteiger partial charge on any atom is -0.469 e. The first-order valence-corrected chi connectivity index (χ1v) is 7.85. The van der Waals surface area contributed by atoms with Gasteiger partial charge in [0.2, 0.25) is 10.0 Å². The number of nitrogens with one attached hydrogen (secondary N) is 1. The van der Waals surface area contributed by atoms with E-state index >= 15 is 0 Å². The van der Waals surface area contributed by atoms with Crippen LogP contribution in [0.2, 0.25) is 0 Å². The number of rotatable bonds is 8. The van der Waals surface area contributed by atoms with Gasteiger partial charge in [-0.1, -0.05) is 0 Å². The van der Waals surface area contributed by atoms with Gasteiger partial charge in [-0.25, -0.2) is 13.1 Å². The summed E-state index contributed by atoms with van der Waals surface area (Å²) in [6, 6.07) is 3.57. The van der Waals surface area contributed by atoms with E-state index in [-0.39, 0.29) is 11.4 Å². The van der Waals surface area contributed by atoms with Gasteiger partial charge >= 0.3 is 0 Å². The zero-order chi connectivity index (χ0) is 14.4. The predicted octanol–water partition coefficient (Wildman–Crippen LogP) is 0.346. The fraction of sp³-hybridized carbons (Fsp3) is 0.417. The van der Waals surface area contributed by atoms with Gasteiger partial charge < -0.3 is 10.2 Å². The van der Waals surface area contributed by atoms with E-state index < -0.39 is 10.0 Å². The maximum atomic E-state index is 12.0. The molecule has 2 rings (SSSR count). The number of nitrogens with zero attached hydrogens (tertiary/aromatic N) is 2. The van der Waals surface area contributed by atoms with Crippen molar-refractivity contribution < 1.29 is 12.8 Å². The number of nitrogens with two attached hydrogens (primary N) is 1. The fourth-order valence-electron chi connectivity index (χ4n) is 1.71. The third kappa shape index (κ3) is 3.92. The van der Waals surface area contributed by atoms with Gasteiger partial charge in [0.05, 0.1) is 12.5 Å². The Hall–Kier alpha value is -1.64. The van der Waals surface area contributed by atoms with Crippen molar-refractivity contribution in [3.63, 3.8) is 0 Å². The first-order chi connectivity index (χ1) is 9.62. The highest BCUT2D eigenvalue weighted by molar-refractivity contribution is 7.89. The van der Waals surface area contributed by atoms with E-state index in [0.717, 1.165) is 12.2 Å². The second-order valence-electron chi connectivity index (χ2n) is 4.31. The van der Waals surface area contributed by atoms with E-state index in [9.17, 15) is 8.42 Å². The smallest absolute Gasteiger partial charge is 0.243 e. The molecule has 2 aromatic heterocycles. The lowest BCUT2D eigenvalue weighted by Gasteiger charge is -2.03. The number of hydrogen-bond donors (Lipinski definition) is 2. The molecule has 0 radical (unpaired) electrons. The van der Waals surface area contributed by atoms with Gasteiger partial charge in [-0.3, -0.25) is 4.68 Å². The predicted molar refractivity (Wildman–Crippen MR) is 73.5 cm³/mol. The summed E-state index contributed by atoms with van der Waals surface area (Å²) in [5, 5.41) is 4.00. The monoisotopic (exact) mass is 298 g/mol. The van der Waals surface area contributed by atoms with Crippen LogP contribution in [0.1, 0.15) is 12.2 Å². The molecule has 110 valence electrons. The van der Waals surface area contributed by atoms with Gasteiger partial charge in [-0.15, -0.1) is 0 Å². The standard InChI is InChI=1S/C12H18N4O3S/c13-5-2-7-16-10-12(9-14-16)20(17,18)15-6-4-11-3-1-8-19-11/h1,3,8-10,15H,2,4-7,13H2. The molecule has 0 fully saturated rings. The van der Waals surface area contributed by atoms with Crippen molar-refractivity contribution in [1.82, 2.24) is 14.5 Å². The second-order valence-corrected chi connectivity index (χ2v) is 6.08. The third-order valence-corrected chi connectivity index (χ3v) is 4.17. The van der Waals surface area contributed by atoms with Crippen molar-refractivity contribution in [1.29, 1.82) is 0 Å². The van der Waals surface area contributed by atoms with Crippen molar-refractivity contribution in [3.05, 3.63) is 36.5 Å². The molecule has 0 atom stereocenters. The van der Waals surface area contributed by atoms with E-state index in [1.807, 2.05) is 0 Å². The summed E-state index contributed by atoms with van der Waals surface area (Å²) in [7, 11) is -3.52. The Morgan fingerprint density at radius 1 is 1.45 bits per heavy atom. The van der Waals surface area contributed by atoms with Gasteiger partial charge in [0, 0.05) is 25.7 Å². The van der Waals surface area contributed by atoms with Gasteiger partial charge in [-0.2, -0.15) is 5.10 Å². The maximum Gasteiger partial charge on any atom is 0.243 e. The lowest BCUT2D eigenvalue weighted by molar-refractivity contribution is 0.506. The van der Waals surface area contributed by atoms with Crippen LogP contribution in [-0.2, 0) is 23.0 Å². The van der Waals surface area contributed by atoms with Crippen LogP contribution in [0.25, 0.3) is 0 Å². The van der Waals surface area contributed by atoms with Crippen molar-refractivity contribution in [2.45, 2.75) is 24.3 Å². The zero-order valence-electron chi connectivity index (χ0n) is 11.0. The molecule has 0 saturated heterocycles. The quantitative estimate of drug-likeness (QED) is 0.731. The van der Waals surface area contributed by atoms with Crippen LogP contribution in [0.4, 0.5) is 0 Å². The van der Waals surface area contributed by atoms with Crippen LogP contribution >= 0.6 is 0 Å². The number of hydrogen-bond acceptors (Lipinski definition) is 5. The molecule has 0 amide bonds. The van der Waals surface area contributed by atoms with Crippen LogP contribution in [0.3, 0.4) is 0 Å². The Kier molecular flexibility index (Phi) is 4.94. The van der Waals surface area contributed by atoms with E-state index in [1.54, 1.807) is 23.1 Å². The van der Waals surface area contributed by atoms with Crippen LogP contribution < -0.4 is 10.5 Å². The summed E-state index contributed by atoms with van der Waals surface area (Å²) in [5.41, 5.74) is 5.40. The summed E-state index contributed by atoms with van der Waals surface area (Å²) in [6.07, 6.45) is 5.67. The Bertz CT molecular complexity index is 619. The van der Waals surface area contributed by atoms with Gasteiger partial charge in [-0.05, 0) is 25.1 Å². The molecule has 0 bridgehead atoms. The summed E-state index contributed by atoms with van der Waals surface area (Å²) < 4.78 is 33.3. The van der Waals surface area contributed by atoms with E-state index in [2.05, 4.69) is 9.82 Å². The average Bonchev–Trinajstić information content (AvgIpc) is 3.07. The highest BCUT2D eigenvalue weighted by Gasteiger charge is 2.15. The fourth-order valence-corrected chi connectivity index (χ4v) is 2.69. The van der Waals surface area contributed by atoms with Crippen molar-refractivity contribution >= 4 is 10.0 Å². The van der Waals surface area contributed by atoms with Crippen LogP contribution in [-0.4, -0.2) is 31.3 Å². The molecular weight excluding hydrogens is 280 g/mol. The summed E-state index contributed by atoms with van der Waals surface area (Å²) in [6.45, 7) is 1.44.